The van der Waals surface area contributed by atoms with Gasteiger partial charge in [-0.05, 0) is 43.4 Å². The Bertz CT molecular complexity index is 606. The number of hydrogen-bond donors (Lipinski definition) is 0. The van der Waals surface area contributed by atoms with E-state index in [1.807, 2.05) is 20.6 Å². The molecule has 0 unspecified atom stereocenters. The first-order valence-corrected chi connectivity index (χ1v) is 8.33. The molecular formula is C21H30O2. The first kappa shape index (κ1) is 19.2. The van der Waals surface area contributed by atoms with Crippen molar-refractivity contribution in [2.75, 3.05) is 0 Å². The molecule has 0 saturated carbocycles. The second-order valence-electron chi connectivity index (χ2n) is 6.82. The minimum absolute atomic E-state index is 0.000267. The van der Waals surface area contributed by atoms with E-state index in [0.29, 0.717) is 0 Å². The maximum absolute atomic E-state index is 8.00. The standard InChI is InChI=1S/C18H22O.C2H6.CH2O/c1-12-13-10-11-17(2,3)19-16(13)14-8-6-7-9-15(14)18(12,4)5;2*1-2/h6-9H,1,10-11H2,2-5H3;1-2H3;1H2. The third-order valence-electron chi connectivity index (χ3n) is 4.59. The van der Waals surface area contributed by atoms with Crippen molar-refractivity contribution in [3.8, 4) is 0 Å². The van der Waals surface area contributed by atoms with Crippen LogP contribution < -0.4 is 0 Å². The second kappa shape index (κ2) is 7.16. The molecule has 0 bridgehead atoms. The molecule has 0 radical (unpaired) electrons. The number of benzene rings is 1. The molecular weight excluding hydrogens is 284 g/mol. The van der Waals surface area contributed by atoms with Gasteiger partial charge in [0, 0.05) is 11.0 Å². The van der Waals surface area contributed by atoms with Gasteiger partial charge in [-0.15, -0.1) is 0 Å². The molecule has 2 aliphatic rings. The fraction of sp³-hybridized carbons (Fsp3) is 0.476. The average Bonchev–Trinajstić information content (AvgIpc) is 2.56. The van der Waals surface area contributed by atoms with E-state index in [-0.39, 0.29) is 11.0 Å². The fourth-order valence-corrected chi connectivity index (χ4v) is 3.20. The lowest BCUT2D eigenvalue weighted by atomic mass is 9.67. The molecule has 0 aromatic heterocycles. The predicted molar refractivity (Wildman–Crippen MR) is 98.4 cm³/mol. The number of fused-ring (bicyclic) bond motifs is 2. The van der Waals surface area contributed by atoms with Gasteiger partial charge in [-0.2, -0.15) is 0 Å². The lowest BCUT2D eigenvalue weighted by molar-refractivity contribution is -0.0979. The summed E-state index contributed by atoms with van der Waals surface area (Å²) in [5.74, 6) is 1.07. The molecule has 0 atom stereocenters. The molecule has 2 nitrogen and oxygen atoms in total. The number of carbonyl (C=O) groups is 1. The number of carbonyl (C=O) groups excluding carboxylic acids is 1. The summed E-state index contributed by atoms with van der Waals surface area (Å²) >= 11 is 0. The number of hydrogen-bond acceptors (Lipinski definition) is 2. The molecule has 1 aromatic carbocycles. The number of ether oxygens (including phenoxy) is 1. The SMILES string of the molecule is C=C1C2=C(OC(C)(C)CC2)c2ccccc2C1(C)C.C=O.CC. The van der Waals surface area contributed by atoms with Crippen molar-refractivity contribution in [3.05, 3.63) is 53.1 Å². The maximum atomic E-state index is 8.00. The van der Waals surface area contributed by atoms with Gasteiger partial charge in [0.25, 0.3) is 0 Å². The van der Waals surface area contributed by atoms with Gasteiger partial charge in [-0.25, -0.2) is 0 Å². The first-order valence-electron chi connectivity index (χ1n) is 8.33. The highest BCUT2D eigenvalue weighted by atomic mass is 16.5. The van der Waals surface area contributed by atoms with Crippen LogP contribution in [-0.4, -0.2) is 12.4 Å². The molecule has 0 saturated heterocycles. The molecule has 126 valence electrons. The Hall–Kier alpha value is -1.83. The Balaban J connectivity index is 0.000000615. The van der Waals surface area contributed by atoms with Crippen molar-refractivity contribution in [1.29, 1.82) is 0 Å². The summed E-state index contributed by atoms with van der Waals surface area (Å²) in [6, 6.07) is 8.58. The Kier molecular flexibility index (Phi) is 5.98. The molecule has 0 fully saturated rings. The van der Waals surface area contributed by atoms with Gasteiger partial charge in [0.05, 0.1) is 0 Å². The van der Waals surface area contributed by atoms with E-state index in [0.717, 1.165) is 18.6 Å². The lowest BCUT2D eigenvalue weighted by Gasteiger charge is -2.43. The third-order valence-corrected chi connectivity index (χ3v) is 4.59. The van der Waals surface area contributed by atoms with Gasteiger partial charge >= 0.3 is 0 Å². The van der Waals surface area contributed by atoms with Gasteiger partial charge in [-0.1, -0.05) is 58.5 Å². The molecule has 1 heterocycles. The summed E-state index contributed by atoms with van der Waals surface area (Å²) in [4.78, 5) is 8.00. The van der Waals surface area contributed by atoms with E-state index in [2.05, 4.69) is 58.5 Å². The number of allylic oxidation sites excluding steroid dienone is 2. The maximum Gasteiger partial charge on any atom is 0.131 e. The average molecular weight is 314 g/mol. The summed E-state index contributed by atoms with van der Waals surface area (Å²) in [6.07, 6.45) is 2.13. The molecule has 1 aromatic rings. The Morgan fingerprint density at radius 3 is 2.22 bits per heavy atom. The van der Waals surface area contributed by atoms with E-state index < -0.39 is 0 Å². The van der Waals surface area contributed by atoms with E-state index in [4.69, 9.17) is 9.53 Å². The van der Waals surface area contributed by atoms with Crippen LogP contribution in [0.4, 0.5) is 0 Å². The summed E-state index contributed by atoms with van der Waals surface area (Å²) in [5, 5.41) is 0. The second-order valence-corrected chi connectivity index (χ2v) is 6.82. The van der Waals surface area contributed by atoms with Gasteiger partial charge < -0.3 is 9.53 Å². The topological polar surface area (TPSA) is 26.3 Å². The van der Waals surface area contributed by atoms with Crippen LogP contribution >= 0.6 is 0 Å². The van der Waals surface area contributed by atoms with Crippen molar-refractivity contribution < 1.29 is 9.53 Å². The monoisotopic (exact) mass is 314 g/mol. The van der Waals surface area contributed by atoms with Crippen LogP contribution in [0.5, 0.6) is 0 Å². The minimum Gasteiger partial charge on any atom is -0.487 e. The Labute approximate surface area is 141 Å². The van der Waals surface area contributed by atoms with Crippen molar-refractivity contribution in [1.82, 2.24) is 0 Å². The van der Waals surface area contributed by atoms with Crippen LogP contribution in [0, 0.1) is 0 Å². The van der Waals surface area contributed by atoms with Crippen molar-refractivity contribution >= 4 is 12.5 Å². The molecule has 2 heteroatoms. The Morgan fingerprint density at radius 2 is 1.61 bits per heavy atom. The van der Waals surface area contributed by atoms with E-state index in [9.17, 15) is 0 Å². The zero-order chi connectivity index (χ0) is 17.8. The van der Waals surface area contributed by atoms with Crippen LogP contribution in [-0.2, 0) is 14.9 Å². The van der Waals surface area contributed by atoms with Crippen LogP contribution in [0.25, 0.3) is 5.76 Å². The van der Waals surface area contributed by atoms with E-state index >= 15 is 0 Å². The van der Waals surface area contributed by atoms with Crippen LogP contribution in [0.3, 0.4) is 0 Å². The zero-order valence-electron chi connectivity index (χ0n) is 15.5. The highest BCUT2D eigenvalue weighted by molar-refractivity contribution is 5.77. The first-order chi connectivity index (χ1) is 10.8. The molecule has 1 aliphatic heterocycles. The summed E-state index contributed by atoms with van der Waals surface area (Å²) in [5.41, 5.74) is 5.05. The Morgan fingerprint density at radius 1 is 1.04 bits per heavy atom. The number of rotatable bonds is 0. The summed E-state index contributed by atoms with van der Waals surface area (Å²) in [7, 11) is 0. The molecule has 0 N–H and O–H groups in total. The molecule has 0 amide bonds. The third kappa shape index (κ3) is 3.41. The van der Waals surface area contributed by atoms with Crippen molar-refractivity contribution in [3.63, 3.8) is 0 Å². The normalized spacial score (nSPS) is 19.8. The van der Waals surface area contributed by atoms with Crippen molar-refractivity contribution in [2.45, 2.75) is 65.4 Å². The largest absolute Gasteiger partial charge is 0.487 e. The fourth-order valence-electron chi connectivity index (χ4n) is 3.20. The zero-order valence-corrected chi connectivity index (χ0v) is 15.5. The quantitative estimate of drug-likeness (QED) is 0.616. The molecule has 0 spiro atoms. The highest BCUT2D eigenvalue weighted by Gasteiger charge is 2.40. The van der Waals surface area contributed by atoms with Gasteiger partial charge in [-0.3, -0.25) is 0 Å². The van der Waals surface area contributed by atoms with Gasteiger partial charge in [0.15, 0.2) is 0 Å². The predicted octanol–water partition coefficient (Wildman–Crippen LogP) is 5.68. The van der Waals surface area contributed by atoms with Crippen LogP contribution in [0.1, 0.15) is 65.5 Å². The molecule has 1 aliphatic carbocycles. The van der Waals surface area contributed by atoms with Crippen LogP contribution in [0.2, 0.25) is 0 Å². The molecule has 3 rings (SSSR count). The summed E-state index contributed by atoms with van der Waals surface area (Å²) in [6.45, 7) is 19.2. The van der Waals surface area contributed by atoms with Crippen molar-refractivity contribution in [2.24, 2.45) is 0 Å². The smallest absolute Gasteiger partial charge is 0.131 e. The highest BCUT2D eigenvalue weighted by Crippen LogP contribution is 2.50. The lowest BCUT2D eigenvalue weighted by Crippen LogP contribution is -2.34. The van der Waals surface area contributed by atoms with E-state index in [1.165, 1.54) is 22.3 Å². The summed E-state index contributed by atoms with van der Waals surface area (Å²) < 4.78 is 6.29. The van der Waals surface area contributed by atoms with E-state index in [1.54, 1.807) is 0 Å². The molecule has 23 heavy (non-hydrogen) atoms. The minimum atomic E-state index is -0.0757. The van der Waals surface area contributed by atoms with Gasteiger partial charge in [0.1, 0.15) is 18.1 Å². The van der Waals surface area contributed by atoms with Gasteiger partial charge in [0.2, 0.25) is 0 Å². The van der Waals surface area contributed by atoms with Crippen LogP contribution in [0.15, 0.2) is 42.0 Å².